The van der Waals surface area contributed by atoms with Gasteiger partial charge in [-0.1, -0.05) is 13.8 Å². The Bertz CT molecular complexity index is 653. The molecule has 2 aliphatic heterocycles. The first-order valence-electron chi connectivity index (χ1n) is 8.90. The van der Waals surface area contributed by atoms with Crippen LogP contribution in [0.2, 0.25) is 0 Å². The second kappa shape index (κ2) is 7.44. The molecular weight excluding hydrogens is 320 g/mol. The lowest BCUT2D eigenvalue weighted by molar-refractivity contribution is -0.137. The maximum Gasteiger partial charge on any atom is 0.254 e. The normalized spacial score (nSPS) is 20.7. The number of amides is 2. The van der Waals surface area contributed by atoms with Crippen LogP contribution >= 0.6 is 0 Å². The van der Waals surface area contributed by atoms with Crippen molar-refractivity contribution in [2.75, 3.05) is 32.9 Å². The summed E-state index contributed by atoms with van der Waals surface area (Å²) in [5.41, 5.74) is 1.52. The molecule has 0 aliphatic carbocycles. The number of benzene rings is 1. The van der Waals surface area contributed by atoms with Crippen molar-refractivity contribution in [3.63, 3.8) is 0 Å². The summed E-state index contributed by atoms with van der Waals surface area (Å²) >= 11 is 0. The van der Waals surface area contributed by atoms with Crippen LogP contribution in [-0.2, 0) is 16.1 Å². The molecule has 6 nitrogen and oxygen atoms in total. The van der Waals surface area contributed by atoms with Gasteiger partial charge in [-0.3, -0.25) is 9.59 Å². The molecule has 0 radical (unpaired) electrons. The van der Waals surface area contributed by atoms with Gasteiger partial charge in [0.25, 0.3) is 5.91 Å². The predicted molar refractivity (Wildman–Crippen MR) is 93.5 cm³/mol. The standard InChI is InChI=1S/C19H26N2O4/c1-13(2)18(22)21-11-16-10-15(4-5-17(16)25-12-14(21)3)19(23)20-6-8-24-9-7-20/h4-5,10,13-14H,6-9,11-12H2,1-3H3/t14-/m0/s1. The minimum Gasteiger partial charge on any atom is -0.491 e. The van der Waals surface area contributed by atoms with Crippen LogP contribution in [0.3, 0.4) is 0 Å². The van der Waals surface area contributed by atoms with Crippen LogP contribution in [0.25, 0.3) is 0 Å². The van der Waals surface area contributed by atoms with Crippen molar-refractivity contribution in [3.05, 3.63) is 29.3 Å². The molecule has 0 spiro atoms. The molecule has 6 heteroatoms. The Labute approximate surface area is 148 Å². The van der Waals surface area contributed by atoms with E-state index in [1.165, 1.54) is 0 Å². The highest BCUT2D eigenvalue weighted by atomic mass is 16.5. The van der Waals surface area contributed by atoms with Gasteiger partial charge in [-0.25, -0.2) is 0 Å². The van der Waals surface area contributed by atoms with Gasteiger partial charge >= 0.3 is 0 Å². The van der Waals surface area contributed by atoms with E-state index in [0.717, 1.165) is 11.3 Å². The molecule has 1 atom stereocenters. The van der Waals surface area contributed by atoms with Crippen molar-refractivity contribution >= 4 is 11.8 Å². The molecule has 2 aliphatic rings. The lowest BCUT2D eigenvalue weighted by atomic mass is 10.1. The fourth-order valence-electron chi connectivity index (χ4n) is 3.19. The van der Waals surface area contributed by atoms with Gasteiger partial charge in [0, 0.05) is 36.7 Å². The van der Waals surface area contributed by atoms with Crippen molar-refractivity contribution in [2.45, 2.75) is 33.4 Å². The first-order chi connectivity index (χ1) is 12.0. The van der Waals surface area contributed by atoms with Crippen molar-refractivity contribution in [1.29, 1.82) is 0 Å². The Morgan fingerprint density at radius 1 is 1.20 bits per heavy atom. The average Bonchev–Trinajstić information content (AvgIpc) is 2.79. The summed E-state index contributed by atoms with van der Waals surface area (Å²) in [5.74, 6) is 0.797. The van der Waals surface area contributed by atoms with Crippen molar-refractivity contribution < 1.29 is 19.1 Å². The van der Waals surface area contributed by atoms with Gasteiger partial charge < -0.3 is 19.3 Å². The maximum atomic E-state index is 12.7. The highest BCUT2D eigenvalue weighted by Gasteiger charge is 2.28. The van der Waals surface area contributed by atoms with Crippen LogP contribution in [0.4, 0.5) is 0 Å². The third-order valence-corrected chi connectivity index (χ3v) is 4.74. The third kappa shape index (κ3) is 3.79. The van der Waals surface area contributed by atoms with Crippen LogP contribution in [0, 0.1) is 5.92 Å². The molecular formula is C19H26N2O4. The molecule has 25 heavy (non-hydrogen) atoms. The van der Waals surface area contributed by atoms with Crippen molar-refractivity contribution in [2.24, 2.45) is 5.92 Å². The molecule has 0 aromatic heterocycles. The SMILES string of the molecule is CC(C)C(=O)N1Cc2cc(C(=O)N3CCOCC3)ccc2OC[C@@H]1C. The van der Waals surface area contributed by atoms with E-state index in [1.807, 2.05) is 42.7 Å². The number of carbonyl (C=O) groups excluding carboxylic acids is 2. The van der Waals surface area contributed by atoms with Crippen LogP contribution < -0.4 is 4.74 Å². The summed E-state index contributed by atoms with van der Waals surface area (Å²) in [6.45, 7) is 9.11. The van der Waals surface area contributed by atoms with Crippen molar-refractivity contribution in [3.8, 4) is 5.75 Å². The minimum absolute atomic E-state index is 0.000643. The van der Waals surface area contributed by atoms with E-state index in [1.54, 1.807) is 6.07 Å². The average molecular weight is 346 g/mol. The number of carbonyl (C=O) groups is 2. The minimum atomic E-state index is -0.0674. The monoisotopic (exact) mass is 346 g/mol. The van der Waals surface area contributed by atoms with Gasteiger partial charge in [-0.05, 0) is 25.1 Å². The van der Waals surface area contributed by atoms with Gasteiger partial charge in [0.2, 0.25) is 5.91 Å². The topological polar surface area (TPSA) is 59.1 Å². The third-order valence-electron chi connectivity index (χ3n) is 4.74. The Balaban J connectivity index is 1.84. The zero-order valence-corrected chi connectivity index (χ0v) is 15.2. The molecule has 0 N–H and O–H groups in total. The smallest absolute Gasteiger partial charge is 0.254 e. The summed E-state index contributed by atoms with van der Waals surface area (Å²) in [6, 6.07) is 5.52. The highest BCUT2D eigenvalue weighted by molar-refractivity contribution is 5.94. The highest BCUT2D eigenvalue weighted by Crippen LogP contribution is 2.27. The Morgan fingerprint density at radius 3 is 2.60 bits per heavy atom. The van der Waals surface area contributed by atoms with E-state index in [-0.39, 0.29) is 23.8 Å². The van der Waals surface area contributed by atoms with Crippen LogP contribution in [0.5, 0.6) is 5.75 Å². The number of ether oxygens (including phenoxy) is 2. The van der Waals surface area contributed by atoms with E-state index < -0.39 is 0 Å². The van der Waals surface area contributed by atoms with Gasteiger partial charge in [0.15, 0.2) is 0 Å². The second-order valence-corrected chi connectivity index (χ2v) is 7.01. The molecule has 0 unspecified atom stereocenters. The van der Waals surface area contributed by atoms with Crippen LogP contribution in [0.15, 0.2) is 18.2 Å². The lowest BCUT2D eigenvalue weighted by Gasteiger charge is -2.28. The van der Waals surface area contributed by atoms with Crippen LogP contribution in [0.1, 0.15) is 36.7 Å². The number of hydrogen-bond donors (Lipinski definition) is 0. The summed E-state index contributed by atoms with van der Waals surface area (Å²) in [7, 11) is 0. The molecule has 1 aromatic carbocycles. The molecule has 1 aromatic rings. The molecule has 1 fully saturated rings. The van der Waals surface area contributed by atoms with Gasteiger partial charge in [-0.15, -0.1) is 0 Å². The van der Waals surface area contributed by atoms with E-state index >= 15 is 0 Å². The zero-order chi connectivity index (χ0) is 18.0. The Hall–Kier alpha value is -2.08. The summed E-state index contributed by atoms with van der Waals surface area (Å²) in [5, 5.41) is 0. The number of rotatable bonds is 2. The summed E-state index contributed by atoms with van der Waals surface area (Å²) < 4.78 is 11.2. The van der Waals surface area contributed by atoms with E-state index in [4.69, 9.17) is 9.47 Å². The first-order valence-corrected chi connectivity index (χ1v) is 8.90. The quantitative estimate of drug-likeness (QED) is 0.821. The van der Waals surface area contributed by atoms with Gasteiger partial charge in [0.1, 0.15) is 12.4 Å². The molecule has 2 amide bonds. The fraction of sp³-hybridized carbons (Fsp3) is 0.579. The molecule has 0 saturated carbocycles. The second-order valence-electron chi connectivity index (χ2n) is 7.01. The molecule has 136 valence electrons. The van der Waals surface area contributed by atoms with Crippen molar-refractivity contribution in [1.82, 2.24) is 9.80 Å². The molecule has 1 saturated heterocycles. The first kappa shape index (κ1) is 17.7. The Morgan fingerprint density at radius 2 is 1.92 bits per heavy atom. The zero-order valence-electron chi connectivity index (χ0n) is 15.2. The Kier molecular flexibility index (Phi) is 5.27. The van der Waals surface area contributed by atoms with E-state index in [2.05, 4.69) is 0 Å². The fourth-order valence-corrected chi connectivity index (χ4v) is 3.19. The summed E-state index contributed by atoms with van der Waals surface area (Å²) in [6.07, 6.45) is 0. The van der Waals surface area contributed by atoms with Gasteiger partial charge in [0.05, 0.1) is 19.3 Å². The molecule has 3 rings (SSSR count). The number of hydrogen-bond acceptors (Lipinski definition) is 4. The van der Waals surface area contributed by atoms with Gasteiger partial charge in [-0.2, -0.15) is 0 Å². The van der Waals surface area contributed by atoms with E-state index in [0.29, 0.717) is 45.0 Å². The number of nitrogens with zero attached hydrogens (tertiary/aromatic N) is 2. The lowest BCUT2D eigenvalue weighted by Crippen LogP contribution is -2.42. The number of morpholine rings is 1. The maximum absolute atomic E-state index is 12.7. The summed E-state index contributed by atoms with van der Waals surface area (Å²) in [4.78, 5) is 28.9. The van der Waals surface area contributed by atoms with E-state index in [9.17, 15) is 9.59 Å². The predicted octanol–water partition coefficient (Wildman–Crippen LogP) is 1.92. The largest absolute Gasteiger partial charge is 0.491 e. The molecule has 2 heterocycles. The number of fused-ring (bicyclic) bond motifs is 1. The van der Waals surface area contributed by atoms with Crippen LogP contribution in [-0.4, -0.2) is 60.6 Å². The molecule has 0 bridgehead atoms.